The van der Waals surface area contributed by atoms with Gasteiger partial charge in [0.15, 0.2) is 11.4 Å². The van der Waals surface area contributed by atoms with Gasteiger partial charge in [-0.05, 0) is 37.1 Å². The van der Waals surface area contributed by atoms with Crippen molar-refractivity contribution < 1.29 is 14.3 Å². The first kappa shape index (κ1) is 11.6. The van der Waals surface area contributed by atoms with Crippen LogP contribution < -0.4 is 0 Å². The molecule has 0 N–H and O–H groups in total. The highest BCUT2D eigenvalue weighted by Crippen LogP contribution is 2.64. The fourth-order valence-corrected chi connectivity index (χ4v) is 5.12. The van der Waals surface area contributed by atoms with Gasteiger partial charge < -0.3 is 9.47 Å². The first-order valence-electron chi connectivity index (χ1n) is 6.61. The standard InChI is InChI=1S/C14H17BrO3/c1-12(2)4-8-3-9-10(15)5-13(8,6-17-12)11(16)14(9)7-18-14/h5,8-9H,3-4,6-7H2,1-2H3/t8-,9+,13-,14+/m1/s1. The van der Waals surface area contributed by atoms with Crippen molar-refractivity contribution in [3.05, 3.63) is 10.6 Å². The van der Waals surface area contributed by atoms with Crippen LogP contribution in [-0.4, -0.2) is 30.2 Å². The Kier molecular flexibility index (Phi) is 2.00. The van der Waals surface area contributed by atoms with E-state index in [0.717, 1.165) is 17.3 Å². The molecule has 18 heavy (non-hydrogen) atoms. The van der Waals surface area contributed by atoms with Gasteiger partial charge in [-0.2, -0.15) is 0 Å². The molecule has 0 amide bonds. The van der Waals surface area contributed by atoms with Gasteiger partial charge >= 0.3 is 0 Å². The van der Waals surface area contributed by atoms with Crippen LogP contribution in [0.5, 0.6) is 0 Å². The van der Waals surface area contributed by atoms with Crippen LogP contribution in [0.15, 0.2) is 10.6 Å². The van der Waals surface area contributed by atoms with Gasteiger partial charge in [0.25, 0.3) is 0 Å². The highest BCUT2D eigenvalue weighted by Gasteiger charge is 2.72. The van der Waals surface area contributed by atoms with Gasteiger partial charge in [0.05, 0.1) is 24.2 Å². The van der Waals surface area contributed by atoms with Gasteiger partial charge in [-0.25, -0.2) is 0 Å². The smallest absolute Gasteiger partial charge is 0.180 e. The maximum Gasteiger partial charge on any atom is 0.180 e. The molecule has 0 unspecified atom stereocenters. The highest BCUT2D eigenvalue weighted by atomic mass is 79.9. The number of ether oxygens (including phenoxy) is 2. The summed E-state index contributed by atoms with van der Waals surface area (Å²) in [6.45, 7) is 5.34. The summed E-state index contributed by atoms with van der Waals surface area (Å²) in [5, 5.41) is 0. The molecule has 98 valence electrons. The first-order valence-corrected chi connectivity index (χ1v) is 7.40. The van der Waals surface area contributed by atoms with Crippen molar-refractivity contribution in [2.45, 2.75) is 37.9 Å². The second kappa shape index (κ2) is 3.10. The van der Waals surface area contributed by atoms with E-state index in [1.165, 1.54) is 0 Å². The molecular formula is C14H17BrO3. The lowest BCUT2D eigenvalue weighted by Gasteiger charge is -2.56. The zero-order chi connectivity index (χ0) is 12.8. The lowest BCUT2D eigenvalue weighted by molar-refractivity contribution is -0.175. The van der Waals surface area contributed by atoms with Gasteiger partial charge in [-0.1, -0.05) is 22.0 Å². The Bertz CT molecular complexity index is 477. The van der Waals surface area contributed by atoms with Crippen molar-refractivity contribution in [1.82, 2.24) is 0 Å². The Balaban J connectivity index is 1.82. The second-order valence-electron chi connectivity index (χ2n) is 6.81. The van der Waals surface area contributed by atoms with Crippen LogP contribution >= 0.6 is 15.9 Å². The zero-order valence-electron chi connectivity index (χ0n) is 10.7. The molecule has 4 heteroatoms. The number of carbonyl (C=O) groups excluding carboxylic acids is 1. The van der Waals surface area contributed by atoms with Crippen molar-refractivity contribution >= 4 is 21.7 Å². The number of rotatable bonds is 0. The first-order chi connectivity index (χ1) is 8.40. The van der Waals surface area contributed by atoms with Crippen LogP contribution in [0.2, 0.25) is 0 Å². The maximum atomic E-state index is 12.8. The zero-order valence-corrected chi connectivity index (χ0v) is 12.2. The molecule has 1 saturated carbocycles. The van der Waals surface area contributed by atoms with Crippen LogP contribution in [0, 0.1) is 17.3 Å². The minimum atomic E-state index is -0.505. The van der Waals surface area contributed by atoms with Gasteiger partial charge in [0, 0.05) is 5.92 Å². The number of hydrogen-bond donors (Lipinski definition) is 0. The quantitative estimate of drug-likeness (QED) is 0.645. The molecule has 5 aliphatic rings. The van der Waals surface area contributed by atoms with E-state index < -0.39 is 11.0 Å². The molecule has 2 bridgehead atoms. The lowest BCUT2D eigenvalue weighted by atomic mass is 9.52. The highest BCUT2D eigenvalue weighted by molar-refractivity contribution is 9.11. The SMILES string of the molecule is CC1(C)C[C@H]2C[C@H]3C(Br)=C[C@]2(CO1)C(=O)[C@]31CO1. The molecule has 3 nitrogen and oxygen atoms in total. The minimum absolute atomic E-state index is 0.106. The average Bonchev–Trinajstić information content (AvgIpc) is 3.06. The Morgan fingerprint density at radius 3 is 2.72 bits per heavy atom. The van der Waals surface area contributed by atoms with Gasteiger partial charge in [-0.15, -0.1) is 0 Å². The monoisotopic (exact) mass is 312 g/mol. The Morgan fingerprint density at radius 1 is 1.33 bits per heavy atom. The third kappa shape index (κ3) is 1.20. The average molecular weight is 313 g/mol. The summed E-state index contributed by atoms with van der Waals surface area (Å²) in [6, 6.07) is 0. The van der Waals surface area contributed by atoms with E-state index in [2.05, 4.69) is 35.9 Å². The third-order valence-corrected chi connectivity index (χ3v) is 6.02. The summed E-state index contributed by atoms with van der Waals surface area (Å²) in [5.41, 5.74) is -1.04. The van der Waals surface area contributed by atoms with Crippen LogP contribution in [0.4, 0.5) is 0 Å². The van der Waals surface area contributed by atoms with E-state index in [1.807, 2.05) is 0 Å². The summed E-state index contributed by atoms with van der Waals surface area (Å²) >= 11 is 3.65. The van der Waals surface area contributed by atoms with Crippen molar-refractivity contribution in [1.29, 1.82) is 0 Å². The maximum absolute atomic E-state index is 12.8. The number of Topliss-reactive ketones (excluding diaryl/α,β-unsaturated/α-hetero) is 1. The minimum Gasteiger partial charge on any atom is -0.374 e. The van der Waals surface area contributed by atoms with Crippen LogP contribution in [-0.2, 0) is 14.3 Å². The van der Waals surface area contributed by atoms with Crippen molar-refractivity contribution in [3.63, 3.8) is 0 Å². The molecule has 0 aromatic heterocycles. The predicted molar refractivity (Wildman–Crippen MR) is 69.4 cm³/mol. The molecule has 0 aromatic rings. The van der Waals surface area contributed by atoms with Gasteiger partial charge in [-0.3, -0.25) is 4.79 Å². The predicted octanol–water partition coefficient (Wildman–Crippen LogP) is 2.44. The molecule has 0 aromatic carbocycles. The summed E-state index contributed by atoms with van der Waals surface area (Å²) in [5.74, 6) is 0.926. The number of ketones is 1. The number of epoxide rings is 1. The van der Waals surface area contributed by atoms with E-state index in [4.69, 9.17) is 9.47 Å². The van der Waals surface area contributed by atoms with E-state index in [1.54, 1.807) is 0 Å². The molecule has 0 radical (unpaired) electrons. The van der Waals surface area contributed by atoms with E-state index >= 15 is 0 Å². The largest absolute Gasteiger partial charge is 0.374 e. The fourth-order valence-electron chi connectivity index (χ4n) is 4.16. The van der Waals surface area contributed by atoms with Gasteiger partial charge in [0.1, 0.15) is 0 Å². The van der Waals surface area contributed by atoms with Gasteiger partial charge in [0.2, 0.25) is 0 Å². The Hall–Kier alpha value is -0.190. The number of halogens is 1. The van der Waals surface area contributed by atoms with Crippen LogP contribution in [0.1, 0.15) is 26.7 Å². The fraction of sp³-hybridized carbons (Fsp3) is 0.786. The summed E-state index contributed by atoms with van der Waals surface area (Å²) in [6.07, 6.45) is 4.13. The molecule has 2 aliphatic heterocycles. The van der Waals surface area contributed by atoms with Crippen LogP contribution in [0.25, 0.3) is 0 Å². The van der Waals surface area contributed by atoms with Crippen molar-refractivity contribution in [2.75, 3.05) is 13.2 Å². The third-order valence-electron chi connectivity index (χ3n) is 5.24. The molecule has 2 saturated heterocycles. The summed E-state index contributed by atoms with van der Waals surface area (Å²) in [4.78, 5) is 12.8. The molecule has 2 heterocycles. The van der Waals surface area contributed by atoms with E-state index in [-0.39, 0.29) is 17.3 Å². The van der Waals surface area contributed by atoms with Crippen molar-refractivity contribution in [2.24, 2.45) is 17.3 Å². The topological polar surface area (TPSA) is 38.8 Å². The lowest BCUT2D eigenvalue weighted by Crippen LogP contribution is -2.63. The molecule has 2 spiro atoms. The molecule has 4 atom stereocenters. The van der Waals surface area contributed by atoms with Crippen LogP contribution in [0.3, 0.4) is 0 Å². The molecular weight excluding hydrogens is 296 g/mol. The second-order valence-corrected chi connectivity index (χ2v) is 7.73. The Labute approximate surface area is 115 Å². The Morgan fingerprint density at radius 2 is 2.06 bits per heavy atom. The summed E-state index contributed by atoms with van der Waals surface area (Å²) < 4.78 is 12.7. The molecule has 3 fully saturated rings. The number of carbonyl (C=O) groups is 1. The van der Waals surface area contributed by atoms with E-state index in [0.29, 0.717) is 19.1 Å². The molecule has 3 aliphatic carbocycles. The van der Waals surface area contributed by atoms with Crippen molar-refractivity contribution in [3.8, 4) is 0 Å². The summed E-state index contributed by atoms with van der Waals surface area (Å²) in [7, 11) is 0. The molecule has 5 rings (SSSR count). The van der Waals surface area contributed by atoms with E-state index in [9.17, 15) is 4.79 Å². The number of hydrogen-bond acceptors (Lipinski definition) is 3. The normalized spacial score (nSPS) is 52.2.